The molecule has 1 atom stereocenters. The number of unbranched alkanes of at least 4 members (excludes halogenated alkanes) is 1. The minimum Gasteiger partial charge on any atom is -0.316 e. The van der Waals surface area contributed by atoms with Gasteiger partial charge in [-0.15, -0.1) is 0 Å². The molecular formula is C10H23N. The largest absolute Gasteiger partial charge is 0.316 e. The molecule has 0 radical (unpaired) electrons. The van der Waals surface area contributed by atoms with E-state index >= 15 is 0 Å². The van der Waals surface area contributed by atoms with Crippen molar-refractivity contribution in [1.29, 1.82) is 0 Å². The quantitative estimate of drug-likeness (QED) is 0.664. The van der Waals surface area contributed by atoms with Gasteiger partial charge in [-0.2, -0.15) is 0 Å². The van der Waals surface area contributed by atoms with Gasteiger partial charge in [-0.3, -0.25) is 0 Å². The van der Waals surface area contributed by atoms with Crippen LogP contribution in [-0.2, 0) is 0 Å². The van der Waals surface area contributed by atoms with E-state index in [-0.39, 0.29) is 0 Å². The Kier molecular flexibility index (Phi) is 8.03. The molecule has 0 aromatic heterocycles. The molecule has 0 aliphatic carbocycles. The minimum absolute atomic E-state index is 1.00. The minimum atomic E-state index is 1.00. The first-order valence-electron chi connectivity index (χ1n) is 5.14. The summed E-state index contributed by atoms with van der Waals surface area (Å²) in [6, 6.07) is 0. The second-order valence-electron chi connectivity index (χ2n) is 3.00. The van der Waals surface area contributed by atoms with Gasteiger partial charge in [0.25, 0.3) is 0 Å². The fourth-order valence-corrected chi connectivity index (χ4v) is 1.45. The third-order valence-electron chi connectivity index (χ3n) is 2.13. The van der Waals surface area contributed by atoms with Crippen LogP contribution in [0.25, 0.3) is 0 Å². The predicted octanol–water partition coefficient (Wildman–Crippen LogP) is 2.81. The highest BCUT2D eigenvalue weighted by molar-refractivity contribution is 4.70. The molecule has 1 aliphatic rings. The molecule has 0 spiro atoms. The topological polar surface area (TPSA) is 12.0 Å². The van der Waals surface area contributed by atoms with Gasteiger partial charge in [0.15, 0.2) is 0 Å². The summed E-state index contributed by atoms with van der Waals surface area (Å²) in [6.07, 6.45) is 5.65. The Morgan fingerprint density at radius 1 is 1.36 bits per heavy atom. The molecule has 1 fully saturated rings. The Balaban J connectivity index is 0.000000461. The lowest BCUT2D eigenvalue weighted by Crippen LogP contribution is -2.08. The van der Waals surface area contributed by atoms with E-state index in [9.17, 15) is 0 Å². The molecule has 68 valence electrons. The van der Waals surface area contributed by atoms with Gasteiger partial charge in [0.05, 0.1) is 0 Å². The van der Waals surface area contributed by atoms with E-state index in [1.807, 2.05) is 13.8 Å². The Morgan fingerprint density at radius 2 is 2.09 bits per heavy atom. The molecular weight excluding hydrogens is 134 g/mol. The van der Waals surface area contributed by atoms with E-state index in [4.69, 9.17) is 0 Å². The maximum Gasteiger partial charge on any atom is -0.00200 e. The van der Waals surface area contributed by atoms with Crippen LogP contribution in [0.15, 0.2) is 0 Å². The molecule has 0 bridgehead atoms. The molecule has 1 rings (SSSR count). The zero-order valence-corrected chi connectivity index (χ0v) is 8.32. The van der Waals surface area contributed by atoms with Crippen molar-refractivity contribution < 1.29 is 0 Å². The lowest BCUT2D eigenvalue weighted by atomic mass is 10.0. The van der Waals surface area contributed by atoms with Crippen LogP contribution >= 0.6 is 0 Å². The van der Waals surface area contributed by atoms with Crippen molar-refractivity contribution in [3.05, 3.63) is 0 Å². The van der Waals surface area contributed by atoms with Crippen molar-refractivity contribution in [1.82, 2.24) is 5.32 Å². The summed E-state index contributed by atoms with van der Waals surface area (Å²) >= 11 is 0. The van der Waals surface area contributed by atoms with Gasteiger partial charge in [0.1, 0.15) is 0 Å². The van der Waals surface area contributed by atoms with Crippen molar-refractivity contribution in [2.45, 2.75) is 46.5 Å². The lowest BCUT2D eigenvalue weighted by Gasteiger charge is -2.04. The zero-order chi connectivity index (χ0) is 8.53. The van der Waals surface area contributed by atoms with Gasteiger partial charge in [0.2, 0.25) is 0 Å². The summed E-state index contributed by atoms with van der Waals surface area (Å²) in [4.78, 5) is 0. The number of rotatable bonds is 3. The van der Waals surface area contributed by atoms with Crippen LogP contribution in [0, 0.1) is 5.92 Å². The molecule has 11 heavy (non-hydrogen) atoms. The van der Waals surface area contributed by atoms with Crippen LogP contribution in [0.1, 0.15) is 46.5 Å². The number of hydrogen-bond acceptors (Lipinski definition) is 1. The summed E-state index contributed by atoms with van der Waals surface area (Å²) in [7, 11) is 0. The Morgan fingerprint density at radius 3 is 2.55 bits per heavy atom. The number of hydrogen-bond donors (Lipinski definition) is 1. The van der Waals surface area contributed by atoms with Gasteiger partial charge >= 0.3 is 0 Å². The summed E-state index contributed by atoms with van der Waals surface area (Å²) in [5.74, 6) is 1.00. The van der Waals surface area contributed by atoms with Gasteiger partial charge < -0.3 is 5.32 Å². The average molecular weight is 157 g/mol. The molecule has 1 N–H and O–H groups in total. The van der Waals surface area contributed by atoms with Gasteiger partial charge in [-0.1, -0.05) is 33.6 Å². The summed E-state index contributed by atoms with van der Waals surface area (Å²) in [6.45, 7) is 8.80. The first-order chi connectivity index (χ1) is 5.43. The van der Waals surface area contributed by atoms with Crippen LogP contribution in [-0.4, -0.2) is 13.1 Å². The van der Waals surface area contributed by atoms with Crippen LogP contribution < -0.4 is 5.32 Å². The highest BCUT2D eigenvalue weighted by Crippen LogP contribution is 2.14. The molecule has 1 nitrogen and oxygen atoms in total. The number of nitrogens with one attached hydrogen (secondary N) is 1. The Labute approximate surface area is 71.6 Å². The molecule has 1 heterocycles. The monoisotopic (exact) mass is 157 g/mol. The third kappa shape index (κ3) is 5.25. The van der Waals surface area contributed by atoms with E-state index in [1.165, 1.54) is 38.8 Å². The van der Waals surface area contributed by atoms with Crippen LogP contribution in [0.3, 0.4) is 0 Å². The molecule has 0 aromatic rings. The third-order valence-corrected chi connectivity index (χ3v) is 2.13. The van der Waals surface area contributed by atoms with E-state index in [1.54, 1.807) is 0 Å². The van der Waals surface area contributed by atoms with Crippen LogP contribution in [0.5, 0.6) is 0 Å². The highest BCUT2D eigenvalue weighted by atomic mass is 14.9. The van der Waals surface area contributed by atoms with E-state index in [0.29, 0.717) is 0 Å². The van der Waals surface area contributed by atoms with Crippen molar-refractivity contribution in [2.75, 3.05) is 13.1 Å². The second kappa shape index (κ2) is 8.06. The van der Waals surface area contributed by atoms with Crippen molar-refractivity contribution in [3.8, 4) is 0 Å². The fourth-order valence-electron chi connectivity index (χ4n) is 1.45. The smallest absolute Gasteiger partial charge is 0.00200 e. The summed E-state index contributed by atoms with van der Waals surface area (Å²) < 4.78 is 0. The van der Waals surface area contributed by atoms with Crippen molar-refractivity contribution in [3.63, 3.8) is 0 Å². The van der Waals surface area contributed by atoms with Crippen molar-refractivity contribution >= 4 is 0 Å². The lowest BCUT2D eigenvalue weighted by molar-refractivity contribution is 0.505. The standard InChI is InChI=1S/C8H17N.C2H6/c1-2-3-4-8-5-6-9-7-8;1-2/h8-9H,2-7H2,1H3;1-2H3/t8-;/m1./s1. The average Bonchev–Trinajstić information content (AvgIpc) is 2.57. The van der Waals surface area contributed by atoms with Crippen LogP contribution in [0.4, 0.5) is 0 Å². The maximum absolute atomic E-state index is 3.38. The molecule has 0 unspecified atom stereocenters. The summed E-state index contributed by atoms with van der Waals surface area (Å²) in [5, 5.41) is 3.38. The highest BCUT2D eigenvalue weighted by Gasteiger charge is 2.12. The maximum atomic E-state index is 3.38. The van der Waals surface area contributed by atoms with E-state index in [2.05, 4.69) is 12.2 Å². The Hall–Kier alpha value is -0.0400. The van der Waals surface area contributed by atoms with Crippen molar-refractivity contribution in [2.24, 2.45) is 5.92 Å². The molecule has 0 amide bonds. The zero-order valence-electron chi connectivity index (χ0n) is 8.32. The molecule has 1 saturated heterocycles. The van der Waals surface area contributed by atoms with Gasteiger partial charge in [-0.05, 0) is 31.8 Å². The second-order valence-corrected chi connectivity index (χ2v) is 3.00. The van der Waals surface area contributed by atoms with E-state index in [0.717, 1.165) is 5.92 Å². The fraction of sp³-hybridized carbons (Fsp3) is 1.00. The molecule has 0 saturated carbocycles. The Bertz CT molecular complexity index is 65.3. The van der Waals surface area contributed by atoms with Crippen LogP contribution in [0.2, 0.25) is 0 Å². The van der Waals surface area contributed by atoms with Gasteiger partial charge in [-0.25, -0.2) is 0 Å². The van der Waals surface area contributed by atoms with E-state index < -0.39 is 0 Å². The first kappa shape index (κ1) is 11.0. The summed E-state index contributed by atoms with van der Waals surface area (Å²) in [5.41, 5.74) is 0. The first-order valence-corrected chi connectivity index (χ1v) is 5.14. The molecule has 1 heteroatoms. The molecule has 1 aliphatic heterocycles. The predicted molar refractivity (Wildman–Crippen MR) is 51.8 cm³/mol. The molecule has 0 aromatic carbocycles. The SMILES string of the molecule is CC.CCCC[C@@H]1CCNC1. The normalized spacial score (nSPS) is 22.6. The van der Waals surface area contributed by atoms with Gasteiger partial charge in [0, 0.05) is 0 Å².